The SMILES string of the molecule is C[C@@H](c1nc2ccccc2s1)N(C)C(=O)CCn1nc(-c2cccs2)oc1=O. The fourth-order valence-electron chi connectivity index (χ4n) is 2.78. The van der Waals surface area contributed by atoms with Crippen LogP contribution in [0.15, 0.2) is 51.0 Å². The van der Waals surface area contributed by atoms with Gasteiger partial charge in [-0.25, -0.2) is 9.78 Å². The Bertz CT molecular complexity index is 1130. The van der Waals surface area contributed by atoms with Gasteiger partial charge in [-0.05, 0) is 30.5 Å². The Labute approximate surface area is 168 Å². The number of hydrogen-bond donors (Lipinski definition) is 0. The highest BCUT2D eigenvalue weighted by molar-refractivity contribution is 7.18. The number of carbonyl (C=O) groups excluding carboxylic acids is 1. The quantitative estimate of drug-likeness (QED) is 0.480. The third-order valence-electron chi connectivity index (χ3n) is 4.52. The van der Waals surface area contributed by atoms with Crippen LogP contribution in [0, 0.1) is 0 Å². The molecule has 3 heterocycles. The first-order valence-corrected chi connectivity index (χ1v) is 10.5. The molecule has 0 aliphatic rings. The molecule has 1 atom stereocenters. The molecule has 0 aliphatic carbocycles. The van der Waals surface area contributed by atoms with Crippen molar-refractivity contribution in [1.82, 2.24) is 19.7 Å². The number of para-hydroxylation sites is 1. The van der Waals surface area contributed by atoms with Crippen LogP contribution in [0.1, 0.15) is 24.4 Å². The monoisotopic (exact) mass is 414 g/mol. The van der Waals surface area contributed by atoms with E-state index in [1.807, 2.05) is 48.7 Å². The van der Waals surface area contributed by atoms with E-state index in [9.17, 15) is 9.59 Å². The Balaban J connectivity index is 1.42. The molecule has 0 spiro atoms. The van der Waals surface area contributed by atoms with Crippen molar-refractivity contribution >= 4 is 38.8 Å². The Morgan fingerprint density at radius 1 is 1.29 bits per heavy atom. The van der Waals surface area contributed by atoms with Gasteiger partial charge in [-0.3, -0.25) is 4.79 Å². The molecule has 144 valence electrons. The first-order chi connectivity index (χ1) is 13.5. The third kappa shape index (κ3) is 3.63. The number of hydrogen-bond acceptors (Lipinski definition) is 7. The second-order valence-corrected chi connectivity index (χ2v) is 8.33. The van der Waals surface area contributed by atoms with E-state index < -0.39 is 5.76 Å². The van der Waals surface area contributed by atoms with E-state index in [2.05, 4.69) is 10.1 Å². The maximum atomic E-state index is 12.6. The van der Waals surface area contributed by atoms with E-state index in [-0.39, 0.29) is 30.8 Å². The van der Waals surface area contributed by atoms with Crippen LogP contribution in [-0.4, -0.2) is 32.6 Å². The second kappa shape index (κ2) is 7.69. The minimum atomic E-state index is -0.557. The predicted octanol–water partition coefficient (Wildman–Crippen LogP) is 3.78. The fourth-order valence-corrected chi connectivity index (χ4v) is 4.48. The summed E-state index contributed by atoms with van der Waals surface area (Å²) in [5, 5.41) is 6.95. The summed E-state index contributed by atoms with van der Waals surface area (Å²) in [7, 11) is 1.75. The molecule has 4 aromatic rings. The van der Waals surface area contributed by atoms with Crippen LogP contribution in [-0.2, 0) is 11.3 Å². The summed E-state index contributed by atoms with van der Waals surface area (Å²) in [5.41, 5.74) is 0.936. The lowest BCUT2D eigenvalue weighted by Crippen LogP contribution is -2.31. The zero-order valence-corrected chi connectivity index (χ0v) is 17.0. The number of benzene rings is 1. The zero-order valence-electron chi connectivity index (χ0n) is 15.4. The lowest BCUT2D eigenvalue weighted by Gasteiger charge is -2.23. The number of fused-ring (bicyclic) bond motifs is 1. The third-order valence-corrected chi connectivity index (χ3v) is 6.58. The molecule has 9 heteroatoms. The van der Waals surface area contributed by atoms with Crippen molar-refractivity contribution in [2.24, 2.45) is 0 Å². The molecule has 0 saturated heterocycles. The minimum absolute atomic E-state index is 0.0840. The number of aromatic nitrogens is 3. The molecule has 7 nitrogen and oxygen atoms in total. The molecule has 0 radical (unpaired) electrons. The number of rotatable bonds is 6. The molecule has 0 N–H and O–H groups in total. The molecule has 0 fully saturated rings. The lowest BCUT2D eigenvalue weighted by atomic mass is 10.2. The topological polar surface area (TPSA) is 81.2 Å². The van der Waals surface area contributed by atoms with E-state index in [1.54, 1.807) is 23.3 Å². The Morgan fingerprint density at radius 2 is 2.11 bits per heavy atom. The minimum Gasteiger partial charge on any atom is -0.387 e. The van der Waals surface area contributed by atoms with Gasteiger partial charge in [0, 0.05) is 13.5 Å². The van der Waals surface area contributed by atoms with E-state index in [1.165, 1.54) is 16.0 Å². The van der Waals surface area contributed by atoms with Crippen molar-refractivity contribution in [2.45, 2.75) is 25.9 Å². The van der Waals surface area contributed by atoms with Crippen LogP contribution in [0.25, 0.3) is 21.0 Å². The lowest BCUT2D eigenvalue weighted by molar-refractivity contribution is -0.132. The van der Waals surface area contributed by atoms with E-state index in [0.29, 0.717) is 0 Å². The average molecular weight is 415 g/mol. The summed E-state index contributed by atoms with van der Waals surface area (Å²) in [6.07, 6.45) is 0.155. The molecule has 3 aromatic heterocycles. The summed E-state index contributed by atoms with van der Waals surface area (Å²) >= 11 is 3.02. The van der Waals surface area contributed by atoms with E-state index in [0.717, 1.165) is 20.1 Å². The molecular weight excluding hydrogens is 396 g/mol. The van der Waals surface area contributed by atoms with Gasteiger partial charge in [0.1, 0.15) is 5.01 Å². The van der Waals surface area contributed by atoms with Crippen LogP contribution in [0.3, 0.4) is 0 Å². The van der Waals surface area contributed by atoms with Gasteiger partial charge in [-0.1, -0.05) is 18.2 Å². The highest BCUT2D eigenvalue weighted by Crippen LogP contribution is 2.29. The number of aryl methyl sites for hydroxylation is 1. The number of thiazole rings is 1. The van der Waals surface area contributed by atoms with Crippen molar-refractivity contribution in [3.05, 3.63) is 57.3 Å². The second-order valence-electron chi connectivity index (χ2n) is 6.32. The smallest absolute Gasteiger partial charge is 0.387 e. The zero-order chi connectivity index (χ0) is 19.7. The van der Waals surface area contributed by atoms with Crippen molar-refractivity contribution in [3.8, 4) is 10.8 Å². The molecule has 1 aromatic carbocycles. The van der Waals surface area contributed by atoms with E-state index >= 15 is 0 Å². The Morgan fingerprint density at radius 3 is 2.86 bits per heavy atom. The average Bonchev–Trinajstić information content (AvgIpc) is 3.43. The van der Waals surface area contributed by atoms with Gasteiger partial charge in [0.15, 0.2) is 0 Å². The van der Waals surface area contributed by atoms with Crippen LogP contribution < -0.4 is 5.76 Å². The molecule has 0 unspecified atom stereocenters. The molecule has 0 saturated carbocycles. The number of nitrogens with zero attached hydrogens (tertiary/aromatic N) is 4. The van der Waals surface area contributed by atoms with Crippen molar-refractivity contribution in [1.29, 1.82) is 0 Å². The number of amides is 1. The van der Waals surface area contributed by atoms with E-state index in [4.69, 9.17) is 4.42 Å². The number of thiophene rings is 1. The Hall–Kier alpha value is -2.78. The number of carbonyl (C=O) groups is 1. The summed E-state index contributed by atoms with van der Waals surface area (Å²) in [5.74, 6) is -0.360. The van der Waals surface area contributed by atoms with Crippen molar-refractivity contribution in [2.75, 3.05) is 7.05 Å². The van der Waals surface area contributed by atoms with Crippen LogP contribution in [0.2, 0.25) is 0 Å². The first kappa shape index (κ1) is 18.6. The standard InChI is InChI=1S/C19H18N4O3S2/c1-12(18-20-13-6-3-4-7-14(13)28-18)22(2)16(24)9-10-23-19(25)26-17(21-23)15-8-5-11-27-15/h3-8,11-12H,9-10H2,1-2H3/t12-/m0/s1. The molecule has 0 bridgehead atoms. The normalized spacial score (nSPS) is 12.4. The summed E-state index contributed by atoms with van der Waals surface area (Å²) in [4.78, 5) is 31.7. The van der Waals surface area contributed by atoms with Crippen molar-refractivity contribution in [3.63, 3.8) is 0 Å². The van der Waals surface area contributed by atoms with Gasteiger partial charge in [0.25, 0.3) is 5.89 Å². The Kier molecular flexibility index (Phi) is 5.10. The van der Waals surface area contributed by atoms with Gasteiger partial charge >= 0.3 is 5.76 Å². The summed E-state index contributed by atoms with van der Waals surface area (Å²) in [6, 6.07) is 11.5. The fraction of sp³-hybridized carbons (Fsp3) is 0.263. The largest absolute Gasteiger partial charge is 0.437 e. The summed E-state index contributed by atoms with van der Waals surface area (Å²) < 4.78 is 7.47. The molecular formula is C19H18N4O3S2. The molecule has 0 aliphatic heterocycles. The van der Waals surface area contributed by atoms with Crippen molar-refractivity contribution < 1.29 is 9.21 Å². The highest BCUT2D eigenvalue weighted by Gasteiger charge is 2.21. The maximum Gasteiger partial charge on any atom is 0.437 e. The van der Waals surface area contributed by atoms with Gasteiger partial charge in [0.2, 0.25) is 5.91 Å². The highest BCUT2D eigenvalue weighted by atomic mass is 32.1. The maximum absolute atomic E-state index is 12.6. The molecule has 28 heavy (non-hydrogen) atoms. The van der Waals surface area contributed by atoms with Gasteiger partial charge in [-0.2, -0.15) is 4.68 Å². The van der Waals surface area contributed by atoms with Crippen LogP contribution in [0.5, 0.6) is 0 Å². The molecule has 4 rings (SSSR count). The van der Waals surface area contributed by atoms with Gasteiger partial charge in [0.05, 0.1) is 27.7 Å². The van der Waals surface area contributed by atoms with Gasteiger partial charge < -0.3 is 9.32 Å². The predicted molar refractivity (Wildman–Crippen MR) is 109 cm³/mol. The van der Waals surface area contributed by atoms with Gasteiger partial charge in [-0.15, -0.1) is 27.8 Å². The molecule has 1 amide bonds. The van der Waals surface area contributed by atoms with Crippen LogP contribution in [0.4, 0.5) is 0 Å². The van der Waals surface area contributed by atoms with Crippen LogP contribution >= 0.6 is 22.7 Å². The first-order valence-electron chi connectivity index (χ1n) is 8.76. The summed E-state index contributed by atoms with van der Waals surface area (Å²) in [6.45, 7) is 2.12.